The molecule has 0 N–H and O–H groups in total. The summed E-state index contributed by atoms with van der Waals surface area (Å²) in [4.78, 5) is 12.3. The smallest absolute Gasteiger partial charge is 0.338 e. The molecule has 9 heteroatoms. The van der Waals surface area contributed by atoms with Crippen molar-refractivity contribution in [2.24, 2.45) is 0 Å². The van der Waals surface area contributed by atoms with E-state index in [1.807, 2.05) is 0 Å². The molecule has 27 heavy (non-hydrogen) atoms. The highest BCUT2D eigenvalue weighted by molar-refractivity contribution is 7.90. The Labute approximate surface area is 154 Å². The SMILES string of the molecule is C[C@@H](OC(=O)c1ccc(S(C)(=O)=O)cc1)c1nnc(-c2ccc(F)cc2)o1. The van der Waals surface area contributed by atoms with E-state index in [2.05, 4.69) is 10.2 Å². The minimum atomic E-state index is -3.35. The first-order valence-corrected chi connectivity index (χ1v) is 9.73. The number of nitrogens with zero attached hydrogens (tertiary/aromatic N) is 2. The van der Waals surface area contributed by atoms with Gasteiger partial charge < -0.3 is 9.15 Å². The Morgan fingerprint density at radius 2 is 1.70 bits per heavy atom. The predicted octanol–water partition coefficient (Wildman–Crippen LogP) is 3.20. The van der Waals surface area contributed by atoms with Gasteiger partial charge in [-0.2, -0.15) is 0 Å². The molecule has 0 spiro atoms. The van der Waals surface area contributed by atoms with Gasteiger partial charge in [0.1, 0.15) is 5.82 Å². The zero-order valence-electron chi connectivity index (χ0n) is 14.4. The second-order valence-corrected chi connectivity index (χ2v) is 7.81. The van der Waals surface area contributed by atoms with Crippen LogP contribution in [-0.4, -0.2) is 30.8 Å². The summed E-state index contributed by atoms with van der Waals surface area (Å²) in [7, 11) is -3.35. The lowest BCUT2D eigenvalue weighted by molar-refractivity contribution is 0.0279. The molecule has 0 aliphatic rings. The van der Waals surface area contributed by atoms with E-state index in [4.69, 9.17) is 9.15 Å². The van der Waals surface area contributed by atoms with Crippen LogP contribution in [0.1, 0.15) is 29.3 Å². The molecular weight excluding hydrogens is 375 g/mol. The number of carbonyl (C=O) groups is 1. The van der Waals surface area contributed by atoms with Crippen LogP contribution in [0.4, 0.5) is 4.39 Å². The van der Waals surface area contributed by atoms with E-state index < -0.39 is 21.9 Å². The first kappa shape index (κ1) is 18.7. The van der Waals surface area contributed by atoms with E-state index in [1.54, 1.807) is 6.92 Å². The summed E-state index contributed by atoms with van der Waals surface area (Å²) >= 11 is 0. The van der Waals surface area contributed by atoms with Crippen LogP contribution in [-0.2, 0) is 14.6 Å². The van der Waals surface area contributed by atoms with Crippen molar-refractivity contribution in [1.82, 2.24) is 10.2 Å². The van der Waals surface area contributed by atoms with Gasteiger partial charge in [0.2, 0.25) is 5.89 Å². The van der Waals surface area contributed by atoms with Crippen LogP contribution in [0.2, 0.25) is 0 Å². The Morgan fingerprint density at radius 1 is 1.07 bits per heavy atom. The number of rotatable bonds is 5. The number of ether oxygens (including phenoxy) is 1. The van der Waals surface area contributed by atoms with E-state index in [0.29, 0.717) is 5.56 Å². The first-order valence-electron chi connectivity index (χ1n) is 7.84. The molecular formula is C18H15FN2O5S. The molecule has 0 fully saturated rings. The predicted molar refractivity (Wildman–Crippen MR) is 93.1 cm³/mol. The molecule has 0 amide bonds. The average molecular weight is 390 g/mol. The third-order valence-corrected chi connectivity index (χ3v) is 4.81. The van der Waals surface area contributed by atoms with Gasteiger partial charge >= 0.3 is 5.97 Å². The molecule has 140 valence electrons. The Balaban J connectivity index is 1.71. The van der Waals surface area contributed by atoms with Crippen molar-refractivity contribution in [2.45, 2.75) is 17.9 Å². The minimum absolute atomic E-state index is 0.0791. The Bertz CT molecular complexity index is 1060. The van der Waals surface area contributed by atoms with Crippen molar-refractivity contribution in [3.8, 4) is 11.5 Å². The Hall–Kier alpha value is -3.07. The number of benzene rings is 2. The topological polar surface area (TPSA) is 99.4 Å². The number of halogens is 1. The van der Waals surface area contributed by atoms with E-state index in [9.17, 15) is 17.6 Å². The third kappa shape index (κ3) is 4.37. The number of aromatic nitrogens is 2. The van der Waals surface area contributed by atoms with Crippen LogP contribution in [0.25, 0.3) is 11.5 Å². The zero-order valence-corrected chi connectivity index (χ0v) is 15.2. The molecule has 0 saturated carbocycles. The van der Waals surface area contributed by atoms with E-state index >= 15 is 0 Å². The molecule has 3 aromatic rings. The van der Waals surface area contributed by atoms with Gasteiger partial charge in [-0.25, -0.2) is 17.6 Å². The van der Waals surface area contributed by atoms with E-state index in [0.717, 1.165) is 6.26 Å². The van der Waals surface area contributed by atoms with Crippen LogP contribution < -0.4 is 0 Å². The maximum atomic E-state index is 13.0. The minimum Gasteiger partial charge on any atom is -0.449 e. The van der Waals surface area contributed by atoms with Crippen molar-refractivity contribution in [3.05, 3.63) is 65.8 Å². The highest BCUT2D eigenvalue weighted by Gasteiger charge is 2.20. The number of carbonyl (C=O) groups excluding carboxylic acids is 1. The fraction of sp³-hybridized carbons (Fsp3) is 0.167. The molecule has 0 bridgehead atoms. The zero-order chi connectivity index (χ0) is 19.6. The van der Waals surface area contributed by atoms with Crippen LogP contribution in [0.3, 0.4) is 0 Å². The van der Waals surface area contributed by atoms with Gasteiger partial charge in [0.25, 0.3) is 5.89 Å². The number of hydrogen-bond donors (Lipinski definition) is 0. The van der Waals surface area contributed by atoms with Crippen molar-refractivity contribution in [1.29, 1.82) is 0 Å². The van der Waals surface area contributed by atoms with Gasteiger partial charge in [-0.15, -0.1) is 10.2 Å². The van der Waals surface area contributed by atoms with Gasteiger partial charge in [-0.3, -0.25) is 0 Å². The molecule has 0 unspecified atom stereocenters. The number of sulfone groups is 1. The van der Waals surface area contributed by atoms with Crippen LogP contribution in [0.5, 0.6) is 0 Å². The maximum Gasteiger partial charge on any atom is 0.338 e. The summed E-state index contributed by atoms with van der Waals surface area (Å²) in [6.07, 6.45) is 0.255. The van der Waals surface area contributed by atoms with Crippen molar-refractivity contribution >= 4 is 15.8 Å². The molecule has 0 saturated heterocycles. The van der Waals surface area contributed by atoms with Gasteiger partial charge in [0.05, 0.1) is 10.5 Å². The number of esters is 1. The molecule has 7 nitrogen and oxygen atoms in total. The molecule has 0 aliphatic heterocycles. The number of hydrogen-bond acceptors (Lipinski definition) is 7. The second-order valence-electron chi connectivity index (χ2n) is 5.80. The Kier molecular flexibility index (Phi) is 5.04. The molecule has 3 rings (SSSR count). The standard InChI is InChI=1S/C18H15FN2O5S/c1-11(16-20-21-17(26-16)12-3-7-14(19)8-4-12)25-18(22)13-5-9-15(10-6-13)27(2,23)24/h3-11H,1-2H3/t11-/m1/s1. The quantitative estimate of drug-likeness (QED) is 0.617. The summed E-state index contributed by atoms with van der Waals surface area (Å²) < 4.78 is 46.6. The van der Waals surface area contributed by atoms with Crippen LogP contribution >= 0.6 is 0 Å². The van der Waals surface area contributed by atoms with Crippen LogP contribution in [0.15, 0.2) is 57.8 Å². The van der Waals surface area contributed by atoms with Gasteiger partial charge in [-0.05, 0) is 55.5 Å². The summed E-state index contributed by atoms with van der Waals surface area (Å²) in [6.45, 7) is 1.56. The maximum absolute atomic E-state index is 13.0. The van der Waals surface area contributed by atoms with E-state index in [-0.39, 0.29) is 28.1 Å². The Morgan fingerprint density at radius 3 is 2.30 bits per heavy atom. The molecule has 1 atom stereocenters. The average Bonchev–Trinajstić information content (AvgIpc) is 3.12. The fourth-order valence-corrected chi connectivity index (χ4v) is 2.86. The van der Waals surface area contributed by atoms with Gasteiger partial charge in [0, 0.05) is 11.8 Å². The lowest BCUT2D eigenvalue weighted by atomic mass is 10.2. The molecule has 1 heterocycles. The second kappa shape index (κ2) is 7.28. The van der Waals surface area contributed by atoms with Crippen LogP contribution in [0, 0.1) is 5.82 Å². The normalized spacial score (nSPS) is 12.6. The summed E-state index contributed by atoms with van der Waals surface area (Å²) in [5, 5.41) is 7.70. The summed E-state index contributed by atoms with van der Waals surface area (Å²) in [5.74, 6) is -0.799. The molecule has 1 aromatic heterocycles. The summed E-state index contributed by atoms with van der Waals surface area (Å²) in [6, 6.07) is 10.9. The lowest BCUT2D eigenvalue weighted by Gasteiger charge is -2.09. The largest absolute Gasteiger partial charge is 0.449 e. The highest BCUT2D eigenvalue weighted by atomic mass is 32.2. The summed E-state index contributed by atoms with van der Waals surface area (Å²) in [5.41, 5.74) is 0.720. The fourth-order valence-electron chi connectivity index (χ4n) is 2.23. The third-order valence-electron chi connectivity index (χ3n) is 3.68. The van der Waals surface area contributed by atoms with E-state index in [1.165, 1.54) is 48.5 Å². The van der Waals surface area contributed by atoms with Gasteiger partial charge in [0.15, 0.2) is 15.9 Å². The monoisotopic (exact) mass is 390 g/mol. The highest BCUT2D eigenvalue weighted by Crippen LogP contribution is 2.23. The van der Waals surface area contributed by atoms with Crippen molar-refractivity contribution in [3.63, 3.8) is 0 Å². The molecule has 2 aromatic carbocycles. The van der Waals surface area contributed by atoms with Crippen molar-refractivity contribution < 1.29 is 26.8 Å². The van der Waals surface area contributed by atoms with Crippen molar-refractivity contribution in [2.75, 3.05) is 6.26 Å². The molecule has 0 aliphatic carbocycles. The molecule has 0 radical (unpaired) electrons. The lowest BCUT2D eigenvalue weighted by Crippen LogP contribution is -2.10. The first-order chi connectivity index (χ1) is 12.7. The van der Waals surface area contributed by atoms with Gasteiger partial charge in [-0.1, -0.05) is 0 Å².